The van der Waals surface area contributed by atoms with Crippen LogP contribution in [-0.4, -0.2) is 31.1 Å². The average molecular weight is 281 g/mol. The molecule has 1 rings (SSSR count). The molecule has 1 aromatic carbocycles. The van der Waals surface area contributed by atoms with E-state index in [0.29, 0.717) is 11.5 Å². The van der Waals surface area contributed by atoms with Gasteiger partial charge in [-0.2, -0.15) is 0 Å². The minimum Gasteiger partial charge on any atom is -0.493 e. The van der Waals surface area contributed by atoms with Gasteiger partial charge in [-0.05, 0) is 31.5 Å². The highest BCUT2D eigenvalue weighted by Crippen LogP contribution is 2.28. The number of amides is 1. The Morgan fingerprint density at radius 1 is 1.30 bits per heavy atom. The van der Waals surface area contributed by atoms with Crippen LogP contribution in [0.5, 0.6) is 11.5 Å². The summed E-state index contributed by atoms with van der Waals surface area (Å²) in [6.45, 7) is 6.98. The Balaban J connectivity index is 3.00. The Morgan fingerprint density at radius 3 is 2.35 bits per heavy atom. The molecular formula is C15H20FNO3. The van der Waals surface area contributed by atoms with Crippen LogP contribution in [0.2, 0.25) is 0 Å². The van der Waals surface area contributed by atoms with Crippen molar-refractivity contribution in [2.24, 2.45) is 0 Å². The summed E-state index contributed by atoms with van der Waals surface area (Å²) in [4.78, 5) is 13.2. The quantitative estimate of drug-likeness (QED) is 0.753. The number of rotatable bonds is 6. The topological polar surface area (TPSA) is 38.8 Å². The third-order valence-corrected chi connectivity index (χ3v) is 2.92. The maximum Gasteiger partial charge on any atom is 0.282 e. The maximum absolute atomic E-state index is 13.0. The lowest BCUT2D eigenvalue weighted by atomic mass is 10.1. The third-order valence-electron chi connectivity index (χ3n) is 2.92. The van der Waals surface area contributed by atoms with E-state index >= 15 is 0 Å². The van der Waals surface area contributed by atoms with Crippen molar-refractivity contribution in [3.05, 3.63) is 36.2 Å². The number of carbonyl (C=O) groups is 1. The summed E-state index contributed by atoms with van der Waals surface area (Å²) in [7, 11) is 3.09. The first-order chi connectivity index (χ1) is 9.40. The van der Waals surface area contributed by atoms with E-state index in [0.717, 1.165) is 5.56 Å². The van der Waals surface area contributed by atoms with Crippen molar-refractivity contribution in [2.75, 3.05) is 14.2 Å². The highest BCUT2D eigenvalue weighted by atomic mass is 19.1. The van der Waals surface area contributed by atoms with Gasteiger partial charge in [0.25, 0.3) is 5.91 Å². The minimum atomic E-state index is -0.959. The smallest absolute Gasteiger partial charge is 0.282 e. The molecule has 0 spiro atoms. The summed E-state index contributed by atoms with van der Waals surface area (Å²) in [5.41, 5.74) is 0.825. The molecule has 20 heavy (non-hydrogen) atoms. The normalized spacial score (nSPS) is 10.3. The van der Waals surface area contributed by atoms with Crippen molar-refractivity contribution in [3.63, 3.8) is 0 Å². The molecule has 1 amide bonds. The van der Waals surface area contributed by atoms with Gasteiger partial charge in [0.1, 0.15) is 0 Å². The number of hydrogen-bond acceptors (Lipinski definition) is 3. The van der Waals surface area contributed by atoms with E-state index in [-0.39, 0.29) is 12.6 Å². The lowest BCUT2D eigenvalue weighted by Crippen LogP contribution is -2.36. The van der Waals surface area contributed by atoms with Gasteiger partial charge in [-0.15, -0.1) is 0 Å². The zero-order chi connectivity index (χ0) is 15.3. The Bertz CT molecular complexity index is 500. The standard InChI is InChI=1S/C15H20FNO3/c1-10(2)17(15(18)11(3)16)9-12-6-7-13(19-4)14(8-12)20-5/h6-8,10H,3,9H2,1-2,4-5H3. The van der Waals surface area contributed by atoms with Gasteiger partial charge in [-0.25, -0.2) is 4.39 Å². The molecule has 4 nitrogen and oxygen atoms in total. The Kier molecular flexibility index (Phi) is 5.55. The van der Waals surface area contributed by atoms with Crippen molar-refractivity contribution in [3.8, 4) is 11.5 Å². The summed E-state index contributed by atoms with van der Waals surface area (Å²) in [5, 5.41) is 0. The molecule has 0 radical (unpaired) electrons. The minimum absolute atomic E-state index is 0.136. The molecule has 110 valence electrons. The van der Waals surface area contributed by atoms with Gasteiger partial charge in [0.05, 0.1) is 14.2 Å². The SMILES string of the molecule is C=C(F)C(=O)N(Cc1ccc(OC)c(OC)c1)C(C)C. The van der Waals surface area contributed by atoms with E-state index in [1.807, 2.05) is 19.9 Å². The fourth-order valence-electron chi connectivity index (χ4n) is 1.82. The number of hydrogen-bond donors (Lipinski definition) is 0. The summed E-state index contributed by atoms with van der Waals surface area (Å²) in [6.07, 6.45) is 0. The second-order valence-corrected chi connectivity index (χ2v) is 4.62. The molecule has 0 bridgehead atoms. The van der Waals surface area contributed by atoms with Crippen LogP contribution < -0.4 is 9.47 Å². The second kappa shape index (κ2) is 6.93. The average Bonchev–Trinajstić information content (AvgIpc) is 2.43. The van der Waals surface area contributed by atoms with Crippen molar-refractivity contribution in [2.45, 2.75) is 26.4 Å². The van der Waals surface area contributed by atoms with Crippen LogP contribution in [0.15, 0.2) is 30.6 Å². The first kappa shape index (κ1) is 16.0. The monoisotopic (exact) mass is 281 g/mol. The number of methoxy groups -OCH3 is 2. The molecule has 0 atom stereocenters. The fraction of sp³-hybridized carbons (Fsp3) is 0.400. The number of benzene rings is 1. The fourth-order valence-corrected chi connectivity index (χ4v) is 1.82. The molecule has 0 aliphatic carbocycles. The van der Waals surface area contributed by atoms with Crippen molar-refractivity contribution >= 4 is 5.91 Å². The van der Waals surface area contributed by atoms with Crippen LogP contribution in [0.1, 0.15) is 19.4 Å². The lowest BCUT2D eigenvalue weighted by molar-refractivity contribution is -0.130. The third kappa shape index (κ3) is 3.73. The number of nitrogens with zero attached hydrogens (tertiary/aromatic N) is 1. The molecule has 0 saturated carbocycles. The van der Waals surface area contributed by atoms with Crippen molar-refractivity contribution in [1.82, 2.24) is 4.90 Å². The van der Waals surface area contributed by atoms with Crippen molar-refractivity contribution in [1.29, 1.82) is 0 Å². The molecule has 0 saturated heterocycles. The van der Waals surface area contributed by atoms with E-state index in [1.54, 1.807) is 19.2 Å². The van der Waals surface area contributed by atoms with E-state index in [4.69, 9.17) is 9.47 Å². The van der Waals surface area contributed by atoms with Crippen LogP contribution in [-0.2, 0) is 11.3 Å². The summed E-state index contributed by atoms with van der Waals surface area (Å²) < 4.78 is 23.4. The molecule has 1 aromatic rings. The summed E-state index contributed by atoms with van der Waals surface area (Å²) in [6, 6.07) is 5.19. The summed E-state index contributed by atoms with van der Waals surface area (Å²) >= 11 is 0. The zero-order valence-electron chi connectivity index (χ0n) is 12.3. The number of ether oxygens (including phenoxy) is 2. The van der Waals surface area contributed by atoms with Crippen LogP contribution in [0.25, 0.3) is 0 Å². The summed E-state index contributed by atoms with van der Waals surface area (Å²) in [5.74, 6) is -0.484. The molecule has 0 aliphatic rings. The van der Waals surface area contributed by atoms with Crippen LogP contribution in [0.3, 0.4) is 0 Å². The lowest BCUT2D eigenvalue weighted by Gasteiger charge is -2.26. The van der Waals surface area contributed by atoms with Gasteiger partial charge in [0.15, 0.2) is 17.3 Å². The molecule has 0 N–H and O–H groups in total. The molecule has 0 aliphatic heterocycles. The van der Waals surface area contributed by atoms with Gasteiger partial charge >= 0.3 is 0 Å². The molecule has 0 unspecified atom stereocenters. The second-order valence-electron chi connectivity index (χ2n) is 4.62. The van der Waals surface area contributed by atoms with Gasteiger partial charge in [0.2, 0.25) is 0 Å². The molecule has 0 fully saturated rings. The van der Waals surface area contributed by atoms with E-state index < -0.39 is 11.7 Å². The predicted octanol–water partition coefficient (Wildman–Crippen LogP) is 2.92. The highest BCUT2D eigenvalue weighted by Gasteiger charge is 2.20. The van der Waals surface area contributed by atoms with Gasteiger partial charge in [-0.1, -0.05) is 12.6 Å². The van der Waals surface area contributed by atoms with E-state index in [2.05, 4.69) is 6.58 Å². The highest BCUT2D eigenvalue weighted by molar-refractivity contribution is 5.90. The van der Waals surface area contributed by atoms with Gasteiger partial charge in [0, 0.05) is 12.6 Å². The van der Waals surface area contributed by atoms with E-state index in [9.17, 15) is 9.18 Å². The largest absolute Gasteiger partial charge is 0.493 e. The molecule has 0 aromatic heterocycles. The van der Waals surface area contributed by atoms with Gasteiger partial charge < -0.3 is 14.4 Å². The number of halogens is 1. The Labute approximate surface area is 118 Å². The molecule has 5 heteroatoms. The zero-order valence-corrected chi connectivity index (χ0v) is 12.3. The van der Waals surface area contributed by atoms with Crippen LogP contribution in [0, 0.1) is 0 Å². The Hall–Kier alpha value is -2.04. The van der Waals surface area contributed by atoms with Crippen LogP contribution >= 0.6 is 0 Å². The predicted molar refractivity (Wildman–Crippen MR) is 75.5 cm³/mol. The first-order valence-electron chi connectivity index (χ1n) is 6.27. The maximum atomic E-state index is 13.0. The molecular weight excluding hydrogens is 261 g/mol. The van der Waals surface area contributed by atoms with Gasteiger partial charge in [-0.3, -0.25) is 4.79 Å². The Morgan fingerprint density at radius 2 is 1.90 bits per heavy atom. The number of carbonyl (C=O) groups excluding carboxylic acids is 1. The first-order valence-corrected chi connectivity index (χ1v) is 6.27. The van der Waals surface area contributed by atoms with Crippen molar-refractivity contribution < 1.29 is 18.7 Å². The molecule has 0 heterocycles. The van der Waals surface area contributed by atoms with Crippen LogP contribution in [0.4, 0.5) is 4.39 Å². The van der Waals surface area contributed by atoms with E-state index in [1.165, 1.54) is 12.0 Å².